The van der Waals surface area contributed by atoms with Gasteiger partial charge in [-0.05, 0) is 107 Å². The molecule has 3 aliphatic heterocycles. The lowest BCUT2D eigenvalue weighted by Crippen LogP contribution is -2.30. The first-order chi connectivity index (χ1) is 17.7. The van der Waals surface area contributed by atoms with Crippen LogP contribution in [0.4, 0.5) is 0 Å². The van der Waals surface area contributed by atoms with E-state index in [4.69, 9.17) is 0 Å². The summed E-state index contributed by atoms with van der Waals surface area (Å²) < 4.78 is 0. The van der Waals surface area contributed by atoms with Gasteiger partial charge in [-0.25, -0.2) is 0 Å². The van der Waals surface area contributed by atoms with Crippen LogP contribution in [0, 0.1) is 0 Å². The zero-order valence-electron chi connectivity index (χ0n) is 21.6. The van der Waals surface area contributed by atoms with Gasteiger partial charge in [0.15, 0.2) is 11.6 Å². The minimum Gasteiger partial charge on any atom is -0.303 e. The van der Waals surface area contributed by atoms with E-state index < -0.39 is 0 Å². The van der Waals surface area contributed by atoms with Crippen LogP contribution < -0.4 is 0 Å². The average Bonchev–Trinajstić information content (AvgIpc) is 2.92. The van der Waals surface area contributed by atoms with Crippen molar-refractivity contribution in [2.75, 3.05) is 39.3 Å². The summed E-state index contributed by atoms with van der Waals surface area (Å²) in [6, 6.07) is 12.3. The first kappa shape index (κ1) is 25.7. The molecule has 2 aromatic rings. The molecule has 192 valence electrons. The van der Waals surface area contributed by atoms with E-state index >= 15 is 0 Å². The molecule has 5 rings (SSSR count). The third kappa shape index (κ3) is 6.48. The Kier molecular flexibility index (Phi) is 8.94. The molecule has 0 atom stereocenters. The molecule has 2 saturated heterocycles. The van der Waals surface area contributed by atoms with Crippen LogP contribution in [0.5, 0.6) is 0 Å². The number of rotatable bonds is 10. The number of nitrogens with zero attached hydrogens (tertiary/aromatic N) is 2. The Morgan fingerprint density at radius 1 is 0.722 bits per heavy atom. The van der Waals surface area contributed by atoms with Gasteiger partial charge in [0.1, 0.15) is 0 Å². The standard InChI is InChI=1S/C31H40N2O2S/c34-28(11-8-20-32-16-3-1-4-17-32)24-14-15-30-25(22-24)23-27-26(10-7-13-31(27)36-30)29(35)12-9-21-33-18-5-2-6-19-33/h7,10,13-15,22H,1-6,8-9,11-12,16-21,23H2. The summed E-state index contributed by atoms with van der Waals surface area (Å²) in [4.78, 5) is 33.6. The maximum atomic E-state index is 13.2. The van der Waals surface area contributed by atoms with E-state index in [1.807, 2.05) is 18.2 Å². The summed E-state index contributed by atoms with van der Waals surface area (Å²) >= 11 is 1.74. The molecule has 0 spiro atoms. The van der Waals surface area contributed by atoms with Crippen LogP contribution in [-0.4, -0.2) is 60.6 Å². The first-order valence-corrected chi connectivity index (χ1v) is 14.9. The molecule has 5 heteroatoms. The van der Waals surface area contributed by atoms with Gasteiger partial charge >= 0.3 is 0 Å². The number of benzene rings is 2. The molecule has 4 nitrogen and oxygen atoms in total. The summed E-state index contributed by atoms with van der Waals surface area (Å²) in [5.41, 5.74) is 4.03. The molecule has 36 heavy (non-hydrogen) atoms. The fraction of sp³-hybridized carbons (Fsp3) is 0.548. The second-order valence-corrected chi connectivity index (χ2v) is 11.8. The fourth-order valence-electron chi connectivity index (χ4n) is 5.98. The van der Waals surface area contributed by atoms with E-state index in [-0.39, 0.29) is 11.6 Å². The minimum absolute atomic E-state index is 0.243. The SMILES string of the molecule is O=C(CCCN1CCCCC1)c1ccc2c(c1)Cc1c(cccc1C(=O)CCCN1CCCCC1)S2. The number of carbonyl (C=O) groups excluding carboxylic acids is 2. The Balaban J connectivity index is 1.19. The number of Topliss-reactive ketones (excluding diaryl/α,β-unsaturated/α-hetero) is 2. The number of fused-ring (bicyclic) bond motifs is 2. The number of hydrogen-bond donors (Lipinski definition) is 0. The molecule has 2 fully saturated rings. The smallest absolute Gasteiger partial charge is 0.163 e. The zero-order valence-corrected chi connectivity index (χ0v) is 22.4. The highest BCUT2D eigenvalue weighted by atomic mass is 32.2. The highest BCUT2D eigenvalue weighted by Crippen LogP contribution is 2.41. The topological polar surface area (TPSA) is 40.6 Å². The van der Waals surface area contributed by atoms with Crippen LogP contribution in [0.15, 0.2) is 46.2 Å². The van der Waals surface area contributed by atoms with E-state index in [0.29, 0.717) is 12.8 Å². The molecule has 3 aliphatic rings. The van der Waals surface area contributed by atoms with E-state index in [2.05, 4.69) is 28.0 Å². The number of hydrogen-bond acceptors (Lipinski definition) is 5. The number of piperidine rings is 2. The Bertz CT molecular complexity index is 1070. The van der Waals surface area contributed by atoms with Gasteiger partial charge in [0.25, 0.3) is 0 Å². The van der Waals surface area contributed by atoms with Crippen molar-refractivity contribution in [3.8, 4) is 0 Å². The lowest BCUT2D eigenvalue weighted by atomic mass is 9.93. The van der Waals surface area contributed by atoms with Crippen LogP contribution in [0.25, 0.3) is 0 Å². The largest absolute Gasteiger partial charge is 0.303 e. The lowest BCUT2D eigenvalue weighted by Gasteiger charge is -2.26. The van der Waals surface area contributed by atoms with Gasteiger partial charge in [-0.15, -0.1) is 0 Å². The first-order valence-electron chi connectivity index (χ1n) is 14.1. The Labute approximate surface area is 220 Å². The van der Waals surface area contributed by atoms with Gasteiger partial charge in [-0.2, -0.15) is 0 Å². The van der Waals surface area contributed by atoms with Gasteiger partial charge in [0, 0.05) is 40.2 Å². The predicted molar refractivity (Wildman–Crippen MR) is 148 cm³/mol. The molecule has 0 radical (unpaired) electrons. The van der Waals surface area contributed by atoms with Gasteiger partial charge < -0.3 is 9.80 Å². The second kappa shape index (κ2) is 12.5. The molecule has 0 amide bonds. The van der Waals surface area contributed by atoms with Crippen LogP contribution in [0.2, 0.25) is 0 Å². The third-order valence-corrected chi connectivity index (χ3v) is 9.28. The normalized spacial score (nSPS) is 18.4. The summed E-state index contributed by atoms with van der Waals surface area (Å²) in [5, 5.41) is 0. The molecule has 0 aromatic heterocycles. The molecule has 0 aliphatic carbocycles. The van der Waals surface area contributed by atoms with E-state index in [1.165, 1.54) is 80.1 Å². The maximum Gasteiger partial charge on any atom is 0.163 e. The number of likely N-dealkylation sites (tertiary alicyclic amines) is 2. The molecular weight excluding hydrogens is 464 g/mol. The summed E-state index contributed by atoms with van der Waals surface area (Å²) in [7, 11) is 0. The second-order valence-electron chi connectivity index (χ2n) is 10.7. The van der Waals surface area contributed by atoms with Crippen molar-refractivity contribution in [1.82, 2.24) is 9.80 Å². The van der Waals surface area contributed by atoms with Gasteiger partial charge in [-0.3, -0.25) is 9.59 Å². The Morgan fingerprint density at radius 2 is 1.36 bits per heavy atom. The van der Waals surface area contributed by atoms with Crippen LogP contribution in [0.3, 0.4) is 0 Å². The molecular formula is C31H40N2O2S. The van der Waals surface area contributed by atoms with Crippen LogP contribution >= 0.6 is 11.8 Å². The summed E-state index contributed by atoms with van der Waals surface area (Å²) in [5.74, 6) is 0.505. The third-order valence-electron chi connectivity index (χ3n) is 8.06. The Hall–Kier alpha value is -1.95. The van der Waals surface area contributed by atoms with E-state index in [9.17, 15) is 9.59 Å². The van der Waals surface area contributed by atoms with Crippen molar-refractivity contribution in [2.45, 2.75) is 80.4 Å². The maximum absolute atomic E-state index is 13.2. The van der Waals surface area contributed by atoms with Crippen molar-refractivity contribution in [3.05, 3.63) is 58.7 Å². The highest BCUT2D eigenvalue weighted by Gasteiger charge is 2.23. The quantitative estimate of drug-likeness (QED) is 0.290. The predicted octanol–water partition coefficient (Wildman–Crippen LogP) is 6.64. The molecule has 0 bridgehead atoms. The van der Waals surface area contributed by atoms with Crippen molar-refractivity contribution in [2.24, 2.45) is 0 Å². The average molecular weight is 505 g/mol. The lowest BCUT2D eigenvalue weighted by molar-refractivity contribution is 0.0964. The van der Waals surface area contributed by atoms with E-state index in [1.54, 1.807) is 11.8 Å². The Morgan fingerprint density at radius 3 is 2.03 bits per heavy atom. The fourth-order valence-corrected chi connectivity index (χ4v) is 7.06. The van der Waals surface area contributed by atoms with Crippen molar-refractivity contribution >= 4 is 23.3 Å². The molecule has 0 N–H and O–H groups in total. The summed E-state index contributed by atoms with van der Waals surface area (Å²) in [6.07, 6.45) is 11.7. The molecule has 0 saturated carbocycles. The van der Waals surface area contributed by atoms with Crippen molar-refractivity contribution in [1.29, 1.82) is 0 Å². The minimum atomic E-state index is 0.243. The van der Waals surface area contributed by atoms with Gasteiger partial charge in [0.2, 0.25) is 0 Å². The highest BCUT2D eigenvalue weighted by molar-refractivity contribution is 7.99. The summed E-state index contributed by atoms with van der Waals surface area (Å²) in [6.45, 7) is 6.79. The molecule has 2 aromatic carbocycles. The number of carbonyl (C=O) groups is 2. The van der Waals surface area contributed by atoms with Crippen LogP contribution in [0.1, 0.15) is 96.1 Å². The van der Waals surface area contributed by atoms with E-state index in [0.717, 1.165) is 49.0 Å². The van der Waals surface area contributed by atoms with Crippen molar-refractivity contribution in [3.63, 3.8) is 0 Å². The zero-order chi connectivity index (χ0) is 24.7. The van der Waals surface area contributed by atoms with Crippen molar-refractivity contribution < 1.29 is 9.59 Å². The van der Waals surface area contributed by atoms with Crippen LogP contribution in [-0.2, 0) is 6.42 Å². The molecule has 0 unspecified atom stereocenters. The molecule has 3 heterocycles. The van der Waals surface area contributed by atoms with Gasteiger partial charge in [-0.1, -0.05) is 42.8 Å². The monoisotopic (exact) mass is 504 g/mol. The van der Waals surface area contributed by atoms with Gasteiger partial charge in [0.05, 0.1) is 0 Å². The number of ketones is 2.